The highest BCUT2D eigenvalue weighted by molar-refractivity contribution is 7.18. The molecule has 0 N–H and O–H groups in total. The zero-order chi connectivity index (χ0) is 15.7. The Kier molecular flexibility index (Phi) is 4.04. The molecule has 0 aliphatic rings. The second-order valence-corrected chi connectivity index (χ2v) is 6.18. The highest BCUT2D eigenvalue weighted by Crippen LogP contribution is 2.25. The quantitative estimate of drug-likeness (QED) is 0.713. The Labute approximate surface area is 130 Å². The molecule has 0 amide bonds. The summed E-state index contributed by atoms with van der Waals surface area (Å²) in [6.45, 7) is 4.69. The molecule has 0 aliphatic heterocycles. The molecule has 0 unspecified atom stereocenters. The van der Waals surface area contributed by atoms with Crippen LogP contribution < -0.4 is 5.56 Å². The van der Waals surface area contributed by atoms with Gasteiger partial charge >= 0.3 is 0 Å². The van der Waals surface area contributed by atoms with Crippen molar-refractivity contribution >= 4 is 21.6 Å². The minimum absolute atomic E-state index is 0.0246. The van der Waals surface area contributed by atoms with Gasteiger partial charge in [0, 0.05) is 25.0 Å². The number of hydrogen-bond acceptors (Lipinski definition) is 7. The predicted molar refractivity (Wildman–Crippen MR) is 82.1 cm³/mol. The number of methoxy groups -OCH3 is 1. The molecular formula is C14H16N4O3S. The molecule has 0 radical (unpaired) electrons. The van der Waals surface area contributed by atoms with E-state index in [1.165, 1.54) is 0 Å². The van der Waals surface area contributed by atoms with Gasteiger partial charge in [-0.3, -0.25) is 9.36 Å². The summed E-state index contributed by atoms with van der Waals surface area (Å²) in [6.07, 6.45) is 2.05. The molecule has 0 aromatic carbocycles. The maximum absolute atomic E-state index is 12.5. The van der Waals surface area contributed by atoms with Crippen molar-refractivity contribution in [2.24, 2.45) is 0 Å². The van der Waals surface area contributed by atoms with Crippen LogP contribution in [-0.4, -0.2) is 26.9 Å². The fourth-order valence-electron chi connectivity index (χ4n) is 2.22. The predicted octanol–water partition coefficient (Wildman–Crippen LogP) is 1.85. The lowest BCUT2D eigenvalue weighted by molar-refractivity contribution is 0.158. The monoisotopic (exact) mass is 320 g/mol. The molecule has 8 heteroatoms. The summed E-state index contributed by atoms with van der Waals surface area (Å²) in [6, 6.07) is 0. The molecule has 7 nitrogen and oxygen atoms in total. The Balaban J connectivity index is 1.83. The molecule has 22 heavy (non-hydrogen) atoms. The van der Waals surface area contributed by atoms with E-state index in [1.807, 2.05) is 13.8 Å². The zero-order valence-corrected chi connectivity index (χ0v) is 13.4. The van der Waals surface area contributed by atoms with Gasteiger partial charge in [0.2, 0.25) is 11.8 Å². The van der Waals surface area contributed by atoms with Crippen molar-refractivity contribution < 1.29 is 9.15 Å². The summed E-state index contributed by atoms with van der Waals surface area (Å²) >= 11 is 1.55. The van der Waals surface area contributed by atoms with E-state index < -0.39 is 0 Å². The Hall–Kier alpha value is -2.06. The lowest BCUT2D eigenvalue weighted by Gasteiger charge is -2.03. The average Bonchev–Trinajstić information content (AvgIpc) is 3.05. The number of fused-ring (bicyclic) bond motifs is 1. The molecule has 0 saturated carbocycles. The standard InChI is InChI=1S/C14H16N4O3S/c1-8-9(2)22-13-12(8)14(19)18(7-15-13)5-4-10-16-17-11(21-10)6-20-3/h7H,4-6H2,1-3H3. The molecule has 0 spiro atoms. The Bertz CT molecular complexity index is 865. The average molecular weight is 320 g/mol. The van der Waals surface area contributed by atoms with Crippen LogP contribution in [-0.2, 0) is 24.3 Å². The molecule has 0 bridgehead atoms. The number of ether oxygens (including phenoxy) is 1. The van der Waals surface area contributed by atoms with Gasteiger partial charge in [-0.15, -0.1) is 21.5 Å². The van der Waals surface area contributed by atoms with Crippen molar-refractivity contribution in [3.63, 3.8) is 0 Å². The molecule has 0 atom stereocenters. The van der Waals surface area contributed by atoms with E-state index in [0.29, 0.717) is 30.1 Å². The second-order valence-electron chi connectivity index (χ2n) is 4.98. The van der Waals surface area contributed by atoms with Crippen LogP contribution in [0.25, 0.3) is 10.2 Å². The fourth-order valence-corrected chi connectivity index (χ4v) is 3.20. The topological polar surface area (TPSA) is 83.0 Å². The third-order valence-corrected chi connectivity index (χ3v) is 4.61. The minimum Gasteiger partial charge on any atom is -0.423 e. The summed E-state index contributed by atoms with van der Waals surface area (Å²) < 4.78 is 11.9. The van der Waals surface area contributed by atoms with Crippen LogP contribution in [0.5, 0.6) is 0 Å². The number of hydrogen-bond donors (Lipinski definition) is 0. The van der Waals surface area contributed by atoms with E-state index in [9.17, 15) is 4.79 Å². The van der Waals surface area contributed by atoms with Gasteiger partial charge in [-0.25, -0.2) is 4.98 Å². The van der Waals surface area contributed by atoms with E-state index >= 15 is 0 Å². The third kappa shape index (κ3) is 2.67. The van der Waals surface area contributed by atoms with Crippen molar-refractivity contribution in [1.29, 1.82) is 0 Å². The second kappa shape index (κ2) is 5.98. The van der Waals surface area contributed by atoms with Gasteiger partial charge in [-0.1, -0.05) is 0 Å². The van der Waals surface area contributed by atoms with Gasteiger partial charge in [0.15, 0.2) is 0 Å². The first-order valence-corrected chi connectivity index (χ1v) is 7.67. The Morgan fingerprint density at radius 1 is 1.32 bits per heavy atom. The lowest BCUT2D eigenvalue weighted by Crippen LogP contribution is -2.21. The third-order valence-electron chi connectivity index (χ3n) is 3.50. The first-order chi connectivity index (χ1) is 10.6. The number of thiophene rings is 1. The minimum atomic E-state index is -0.0246. The molecule has 3 aromatic rings. The van der Waals surface area contributed by atoms with Gasteiger partial charge in [0.1, 0.15) is 11.4 Å². The van der Waals surface area contributed by atoms with Crippen molar-refractivity contribution in [3.8, 4) is 0 Å². The van der Waals surface area contributed by atoms with Gasteiger partial charge in [-0.05, 0) is 19.4 Å². The molecular weight excluding hydrogens is 304 g/mol. The van der Waals surface area contributed by atoms with Crippen molar-refractivity contribution in [1.82, 2.24) is 19.7 Å². The van der Waals surface area contributed by atoms with Gasteiger partial charge < -0.3 is 9.15 Å². The van der Waals surface area contributed by atoms with E-state index in [2.05, 4.69) is 15.2 Å². The molecule has 3 heterocycles. The van der Waals surface area contributed by atoms with E-state index in [-0.39, 0.29) is 12.2 Å². The van der Waals surface area contributed by atoms with Crippen molar-refractivity contribution in [2.45, 2.75) is 33.4 Å². The van der Waals surface area contributed by atoms with E-state index in [0.717, 1.165) is 15.3 Å². The summed E-state index contributed by atoms with van der Waals surface area (Å²) in [5.74, 6) is 0.917. The SMILES string of the molecule is COCc1nnc(CCn2cnc3sc(C)c(C)c3c2=O)o1. The van der Waals surface area contributed by atoms with Crippen LogP contribution in [0.1, 0.15) is 22.2 Å². The summed E-state index contributed by atoms with van der Waals surface area (Å²) in [5.41, 5.74) is 0.982. The molecule has 0 saturated heterocycles. The summed E-state index contributed by atoms with van der Waals surface area (Å²) in [5, 5.41) is 8.50. The molecule has 0 aliphatic carbocycles. The number of nitrogens with zero attached hydrogens (tertiary/aromatic N) is 4. The molecule has 116 valence electrons. The van der Waals surface area contributed by atoms with Crippen LogP contribution in [0, 0.1) is 13.8 Å². The van der Waals surface area contributed by atoms with Crippen molar-refractivity contribution in [3.05, 3.63) is 38.9 Å². The normalized spacial score (nSPS) is 11.4. The van der Waals surface area contributed by atoms with Crippen LogP contribution >= 0.6 is 11.3 Å². The fraction of sp³-hybridized carbons (Fsp3) is 0.429. The molecule has 3 rings (SSSR count). The summed E-state index contributed by atoms with van der Waals surface area (Å²) in [4.78, 5) is 18.8. The maximum atomic E-state index is 12.5. The summed E-state index contributed by atoms with van der Waals surface area (Å²) in [7, 11) is 1.56. The smallest absolute Gasteiger partial charge is 0.262 e. The Morgan fingerprint density at radius 3 is 2.86 bits per heavy atom. The van der Waals surface area contributed by atoms with Crippen LogP contribution in [0.4, 0.5) is 0 Å². The largest absolute Gasteiger partial charge is 0.423 e. The zero-order valence-electron chi connectivity index (χ0n) is 12.6. The molecule has 3 aromatic heterocycles. The van der Waals surface area contributed by atoms with Crippen LogP contribution in [0.15, 0.2) is 15.5 Å². The lowest BCUT2D eigenvalue weighted by atomic mass is 10.2. The maximum Gasteiger partial charge on any atom is 0.262 e. The highest BCUT2D eigenvalue weighted by Gasteiger charge is 2.13. The first-order valence-electron chi connectivity index (χ1n) is 6.85. The molecule has 0 fully saturated rings. The van der Waals surface area contributed by atoms with Crippen LogP contribution in [0.3, 0.4) is 0 Å². The Morgan fingerprint density at radius 2 is 2.09 bits per heavy atom. The number of rotatable bonds is 5. The van der Waals surface area contributed by atoms with Crippen LogP contribution in [0.2, 0.25) is 0 Å². The highest BCUT2D eigenvalue weighted by atomic mass is 32.1. The van der Waals surface area contributed by atoms with Gasteiger partial charge in [0.25, 0.3) is 5.56 Å². The van der Waals surface area contributed by atoms with Gasteiger partial charge in [-0.2, -0.15) is 0 Å². The number of aryl methyl sites for hydroxylation is 4. The van der Waals surface area contributed by atoms with Gasteiger partial charge in [0.05, 0.1) is 11.7 Å². The van der Waals surface area contributed by atoms with E-state index in [1.54, 1.807) is 29.3 Å². The van der Waals surface area contributed by atoms with Crippen molar-refractivity contribution in [2.75, 3.05) is 7.11 Å². The first kappa shape index (κ1) is 14.9. The number of aromatic nitrogens is 4. The van der Waals surface area contributed by atoms with E-state index in [4.69, 9.17) is 9.15 Å².